The maximum Gasteiger partial charge on any atom is 0.0705 e. The highest BCUT2D eigenvalue weighted by Crippen LogP contribution is 2.28. The zero-order chi connectivity index (χ0) is 14.2. The van der Waals surface area contributed by atoms with Gasteiger partial charge in [0.1, 0.15) is 0 Å². The van der Waals surface area contributed by atoms with Gasteiger partial charge in [0.05, 0.1) is 11.6 Å². The first-order valence-electron chi connectivity index (χ1n) is 7.62. The van der Waals surface area contributed by atoms with Gasteiger partial charge in [-0.25, -0.2) is 0 Å². The minimum atomic E-state index is 0.152. The van der Waals surface area contributed by atoms with Gasteiger partial charge in [0.2, 0.25) is 0 Å². The monoisotopic (exact) mass is 283 g/mol. The summed E-state index contributed by atoms with van der Waals surface area (Å²) in [6, 6.07) is 11.1. The average Bonchev–Trinajstić information content (AvgIpc) is 2.57. The first kappa shape index (κ1) is 13.2. The van der Waals surface area contributed by atoms with Crippen molar-refractivity contribution in [1.29, 1.82) is 0 Å². The Morgan fingerprint density at radius 1 is 1.19 bits per heavy atom. The van der Waals surface area contributed by atoms with Crippen molar-refractivity contribution in [3.63, 3.8) is 0 Å². The minimum Gasteiger partial charge on any atom is -0.299 e. The van der Waals surface area contributed by atoms with Gasteiger partial charge in [-0.2, -0.15) is 0 Å². The molecular formula is C16H21N5. The van der Waals surface area contributed by atoms with Gasteiger partial charge in [-0.1, -0.05) is 18.2 Å². The third-order valence-corrected chi connectivity index (χ3v) is 4.87. The van der Waals surface area contributed by atoms with Gasteiger partial charge in [-0.3, -0.25) is 26.1 Å². The molecule has 3 aliphatic heterocycles. The average molecular weight is 283 g/mol. The number of rotatable bonds is 3. The Bertz CT molecular complexity index is 635. The number of hydrogen-bond acceptors (Lipinski definition) is 5. The van der Waals surface area contributed by atoms with E-state index in [4.69, 9.17) is 5.84 Å². The molecule has 0 radical (unpaired) electrons. The van der Waals surface area contributed by atoms with Crippen LogP contribution < -0.4 is 11.3 Å². The van der Waals surface area contributed by atoms with Crippen molar-refractivity contribution in [1.82, 2.24) is 20.2 Å². The molecule has 0 aliphatic carbocycles. The topological polar surface area (TPSA) is 57.4 Å². The molecule has 2 aromatic rings. The molecule has 2 atom stereocenters. The van der Waals surface area contributed by atoms with Crippen LogP contribution in [0.5, 0.6) is 0 Å². The summed E-state index contributed by atoms with van der Waals surface area (Å²) in [5.41, 5.74) is 5.30. The summed E-state index contributed by atoms with van der Waals surface area (Å²) < 4.78 is 0. The Morgan fingerprint density at radius 2 is 2.05 bits per heavy atom. The predicted octanol–water partition coefficient (Wildman–Crippen LogP) is 0.739. The van der Waals surface area contributed by atoms with Crippen LogP contribution in [-0.2, 0) is 0 Å². The Kier molecular flexibility index (Phi) is 3.35. The number of hydrazine groups is 1. The molecule has 0 amide bonds. The van der Waals surface area contributed by atoms with E-state index in [2.05, 4.69) is 44.5 Å². The number of nitrogens with two attached hydrogens (primary N) is 1. The fourth-order valence-electron chi connectivity index (χ4n) is 3.68. The first-order valence-corrected chi connectivity index (χ1v) is 7.62. The van der Waals surface area contributed by atoms with Gasteiger partial charge < -0.3 is 0 Å². The van der Waals surface area contributed by atoms with Crippen molar-refractivity contribution in [2.75, 3.05) is 32.7 Å². The highest BCUT2D eigenvalue weighted by atomic mass is 15.4. The summed E-state index contributed by atoms with van der Waals surface area (Å²) in [5.74, 6) is 5.90. The van der Waals surface area contributed by atoms with Gasteiger partial charge in [-0.15, -0.1) is 0 Å². The summed E-state index contributed by atoms with van der Waals surface area (Å²) in [7, 11) is 0. The smallest absolute Gasteiger partial charge is 0.0705 e. The van der Waals surface area contributed by atoms with Crippen molar-refractivity contribution in [2.24, 2.45) is 5.84 Å². The maximum atomic E-state index is 5.90. The van der Waals surface area contributed by atoms with Crippen LogP contribution in [0.1, 0.15) is 11.6 Å². The molecule has 3 fully saturated rings. The van der Waals surface area contributed by atoms with Crippen molar-refractivity contribution < 1.29 is 0 Å². The van der Waals surface area contributed by atoms with Crippen LogP contribution in [0, 0.1) is 0 Å². The molecule has 1 aromatic carbocycles. The lowest BCUT2D eigenvalue weighted by atomic mass is 9.94. The maximum absolute atomic E-state index is 5.90. The molecule has 3 saturated heterocycles. The largest absolute Gasteiger partial charge is 0.299 e. The SMILES string of the molecule is NNC(c1ccc2cccnc2c1)C1CN2CCN1CC2. The lowest BCUT2D eigenvalue weighted by Crippen LogP contribution is -2.64. The third-order valence-electron chi connectivity index (χ3n) is 4.87. The highest BCUT2D eigenvalue weighted by molar-refractivity contribution is 5.79. The van der Waals surface area contributed by atoms with Crippen LogP contribution in [-0.4, -0.2) is 53.5 Å². The zero-order valence-electron chi connectivity index (χ0n) is 12.1. The first-order chi connectivity index (χ1) is 10.3. The van der Waals surface area contributed by atoms with Gasteiger partial charge >= 0.3 is 0 Å². The van der Waals surface area contributed by atoms with Crippen LogP contribution in [0.3, 0.4) is 0 Å². The number of pyridine rings is 1. The van der Waals surface area contributed by atoms with E-state index in [1.54, 1.807) is 0 Å². The lowest BCUT2D eigenvalue weighted by Gasteiger charge is -2.50. The number of nitrogens with zero attached hydrogens (tertiary/aromatic N) is 3. The van der Waals surface area contributed by atoms with Crippen LogP contribution in [0.15, 0.2) is 36.5 Å². The Labute approximate surface area is 124 Å². The van der Waals surface area contributed by atoms with Crippen LogP contribution in [0.25, 0.3) is 10.9 Å². The zero-order valence-corrected chi connectivity index (χ0v) is 12.1. The number of piperazine rings is 3. The second-order valence-corrected chi connectivity index (χ2v) is 6.00. The van der Waals surface area contributed by atoms with Gasteiger partial charge in [0, 0.05) is 50.3 Å². The lowest BCUT2D eigenvalue weighted by molar-refractivity contribution is -0.00367. The molecule has 21 heavy (non-hydrogen) atoms. The van der Waals surface area contributed by atoms with E-state index in [-0.39, 0.29) is 6.04 Å². The van der Waals surface area contributed by atoms with Gasteiger partial charge in [-0.05, 0) is 17.7 Å². The van der Waals surface area contributed by atoms with Crippen molar-refractivity contribution >= 4 is 10.9 Å². The standard InChI is InChI=1S/C16H21N5/c17-19-16(15-11-20-6-8-21(15)9-7-20)13-4-3-12-2-1-5-18-14(12)10-13/h1-5,10,15-16,19H,6-9,11,17H2. The van der Waals surface area contributed by atoms with Crippen molar-refractivity contribution in [3.05, 3.63) is 42.1 Å². The normalized spacial score (nSPS) is 29.7. The minimum absolute atomic E-state index is 0.152. The molecule has 5 nitrogen and oxygen atoms in total. The van der Waals surface area contributed by atoms with Gasteiger partial charge in [0.15, 0.2) is 0 Å². The molecular weight excluding hydrogens is 262 g/mol. The second kappa shape index (κ2) is 5.35. The summed E-state index contributed by atoms with van der Waals surface area (Å²) in [6.45, 7) is 5.76. The summed E-state index contributed by atoms with van der Waals surface area (Å²) in [5, 5.41) is 1.17. The molecule has 5 heteroatoms. The van der Waals surface area contributed by atoms with E-state index in [1.807, 2.05) is 12.3 Å². The third kappa shape index (κ3) is 2.32. The van der Waals surface area contributed by atoms with Crippen molar-refractivity contribution in [3.8, 4) is 0 Å². The molecule has 2 unspecified atom stereocenters. The molecule has 5 rings (SSSR count). The van der Waals surface area contributed by atoms with Crippen LogP contribution >= 0.6 is 0 Å². The van der Waals surface area contributed by atoms with E-state index < -0.39 is 0 Å². The molecule has 4 heterocycles. The van der Waals surface area contributed by atoms with Crippen LogP contribution in [0.2, 0.25) is 0 Å². The summed E-state index contributed by atoms with van der Waals surface area (Å²) >= 11 is 0. The number of fused-ring (bicyclic) bond motifs is 4. The van der Waals surface area contributed by atoms with E-state index in [1.165, 1.54) is 24.0 Å². The van der Waals surface area contributed by atoms with Crippen molar-refractivity contribution in [2.45, 2.75) is 12.1 Å². The number of benzene rings is 1. The quantitative estimate of drug-likeness (QED) is 0.643. The van der Waals surface area contributed by atoms with E-state index in [0.29, 0.717) is 6.04 Å². The summed E-state index contributed by atoms with van der Waals surface area (Å²) in [6.07, 6.45) is 1.84. The molecule has 1 aromatic heterocycles. The molecule has 3 aliphatic rings. The molecule has 110 valence electrons. The fourth-order valence-corrected chi connectivity index (χ4v) is 3.68. The van der Waals surface area contributed by atoms with Gasteiger partial charge in [0.25, 0.3) is 0 Å². The number of aromatic nitrogens is 1. The molecule has 0 saturated carbocycles. The fraction of sp³-hybridized carbons (Fsp3) is 0.438. The van der Waals surface area contributed by atoms with E-state index >= 15 is 0 Å². The molecule has 3 N–H and O–H groups in total. The highest BCUT2D eigenvalue weighted by Gasteiger charge is 2.37. The predicted molar refractivity (Wildman–Crippen MR) is 83.6 cm³/mol. The Balaban J connectivity index is 1.67. The molecule has 2 bridgehead atoms. The van der Waals surface area contributed by atoms with Crippen LogP contribution in [0.4, 0.5) is 0 Å². The second-order valence-electron chi connectivity index (χ2n) is 6.00. The Morgan fingerprint density at radius 3 is 2.76 bits per heavy atom. The Hall–Kier alpha value is -1.53. The molecule has 0 spiro atoms. The summed E-state index contributed by atoms with van der Waals surface area (Å²) in [4.78, 5) is 9.56. The number of nitrogens with one attached hydrogen (secondary N) is 1. The van der Waals surface area contributed by atoms with E-state index in [0.717, 1.165) is 25.2 Å². The van der Waals surface area contributed by atoms with E-state index in [9.17, 15) is 0 Å². The number of hydrogen-bond donors (Lipinski definition) is 2.